The lowest BCUT2D eigenvalue weighted by atomic mass is 10.2. The molecule has 0 amide bonds. The maximum absolute atomic E-state index is 13.1. The van der Waals surface area contributed by atoms with Gasteiger partial charge in [-0.25, -0.2) is 9.78 Å². The number of rotatable bonds is 6. The molecule has 0 aliphatic carbocycles. The number of hydrogen-bond acceptors (Lipinski definition) is 5. The van der Waals surface area contributed by atoms with Gasteiger partial charge in [0, 0.05) is 20.4 Å². The van der Waals surface area contributed by atoms with E-state index in [-0.39, 0.29) is 11.5 Å². The van der Waals surface area contributed by atoms with E-state index in [4.69, 9.17) is 9.84 Å². The van der Waals surface area contributed by atoms with Crippen LogP contribution in [-0.2, 0) is 4.79 Å². The van der Waals surface area contributed by atoms with Crippen molar-refractivity contribution < 1.29 is 14.6 Å². The van der Waals surface area contributed by atoms with Crippen molar-refractivity contribution >= 4 is 54.9 Å². The van der Waals surface area contributed by atoms with Gasteiger partial charge in [-0.05, 0) is 43.3 Å². The Bertz CT molecular complexity index is 1200. The number of fused-ring (bicyclic) bond motifs is 1. The summed E-state index contributed by atoms with van der Waals surface area (Å²) in [5.74, 6) is -0.272. The van der Waals surface area contributed by atoms with Crippen LogP contribution in [0.1, 0.15) is 38.1 Å². The Morgan fingerprint density at radius 3 is 2.50 bits per heavy atom. The summed E-state index contributed by atoms with van der Waals surface area (Å²) in [4.78, 5) is 28.9. The number of carboxylic acid groups (broad SMARTS) is 1. The van der Waals surface area contributed by atoms with Crippen molar-refractivity contribution in [2.24, 2.45) is 5.10 Å². The average Bonchev–Trinajstić information content (AvgIpc) is 2.69. The van der Waals surface area contributed by atoms with E-state index in [9.17, 15) is 9.59 Å². The molecule has 0 aliphatic rings. The van der Waals surface area contributed by atoms with Crippen LogP contribution in [0, 0.1) is 0 Å². The van der Waals surface area contributed by atoms with Crippen LogP contribution in [0.15, 0.2) is 55.2 Å². The predicted molar refractivity (Wildman–Crippen MR) is 123 cm³/mol. The van der Waals surface area contributed by atoms with Gasteiger partial charge in [-0.3, -0.25) is 4.79 Å². The minimum Gasteiger partial charge on any atom is -0.479 e. The monoisotopic (exact) mass is 535 g/mol. The van der Waals surface area contributed by atoms with Crippen LogP contribution in [-0.4, -0.2) is 33.1 Å². The zero-order valence-corrected chi connectivity index (χ0v) is 19.6. The Balaban J connectivity index is 2.13. The fourth-order valence-corrected chi connectivity index (χ4v) is 3.48. The SMILES string of the molecule is CC(C)c1nc2ccc(Br)cc2c(=O)n1N=Cc1cc(Br)ccc1O[C@@H](C)C(=O)O. The van der Waals surface area contributed by atoms with Crippen LogP contribution in [0.5, 0.6) is 5.75 Å². The zero-order valence-electron chi connectivity index (χ0n) is 16.5. The van der Waals surface area contributed by atoms with Crippen molar-refractivity contribution in [3.63, 3.8) is 0 Å². The number of nitrogens with zero attached hydrogens (tertiary/aromatic N) is 3. The third kappa shape index (κ3) is 4.79. The lowest BCUT2D eigenvalue weighted by Crippen LogP contribution is -2.24. The molecule has 0 unspecified atom stereocenters. The van der Waals surface area contributed by atoms with E-state index in [1.165, 1.54) is 17.8 Å². The zero-order chi connectivity index (χ0) is 22.0. The molecule has 3 aromatic rings. The molecule has 0 saturated carbocycles. The highest BCUT2D eigenvalue weighted by atomic mass is 79.9. The van der Waals surface area contributed by atoms with Crippen LogP contribution in [0.4, 0.5) is 0 Å². The third-order valence-corrected chi connectivity index (χ3v) is 5.27. The molecule has 1 heterocycles. The maximum atomic E-state index is 13.1. The van der Waals surface area contributed by atoms with E-state index in [0.717, 1.165) is 8.95 Å². The summed E-state index contributed by atoms with van der Waals surface area (Å²) < 4.78 is 8.32. The van der Waals surface area contributed by atoms with E-state index in [1.807, 2.05) is 19.9 Å². The summed E-state index contributed by atoms with van der Waals surface area (Å²) in [6.45, 7) is 5.30. The van der Waals surface area contributed by atoms with E-state index in [1.54, 1.807) is 30.3 Å². The number of hydrogen-bond donors (Lipinski definition) is 1. The van der Waals surface area contributed by atoms with Crippen LogP contribution < -0.4 is 10.3 Å². The molecule has 156 valence electrons. The van der Waals surface area contributed by atoms with Gasteiger partial charge in [0.15, 0.2) is 6.10 Å². The Morgan fingerprint density at radius 1 is 1.17 bits per heavy atom. The number of aliphatic carboxylic acids is 1. The standard InChI is InChI=1S/C21H19Br2N3O4/c1-11(2)19-25-17-6-4-15(23)9-16(17)20(27)26(19)24-10-13-8-14(22)5-7-18(13)30-12(3)21(28)29/h4-12H,1-3H3,(H,28,29)/t12-/m0/s1. The van der Waals surface area contributed by atoms with Crippen molar-refractivity contribution in [1.82, 2.24) is 9.66 Å². The van der Waals surface area contributed by atoms with E-state index in [2.05, 4.69) is 41.9 Å². The topological polar surface area (TPSA) is 93.8 Å². The molecule has 3 rings (SSSR count). The number of benzene rings is 2. The molecule has 9 heteroatoms. The molecule has 0 saturated heterocycles. The van der Waals surface area contributed by atoms with Gasteiger partial charge < -0.3 is 9.84 Å². The van der Waals surface area contributed by atoms with Gasteiger partial charge in [0.1, 0.15) is 11.6 Å². The average molecular weight is 537 g/mol. The van der Waals surface area contributed by atoms with Gasteiger partial charge in [-0.15, -0.1) is 0 Å². The number of carboxylic acids is 1. The second-order valence-electron chi connectivity index (χ2n) is 6.93. The number of carbonyl (C=O) groups is 1. The highest BCUT2D eigenvalue weighted by Crippen LogP contribution is 2.24. The molecule has 1 N–H and O–H groups in total. The molecular formula is C21H19Br2N3O4. The Hall–Kier alpha value is -2.52. The minimum atomic E-state index is -1.08. The van der Waals surface area contributed by atoms with Crippen LogP contribution in [0.3, 0.4) is 0 Å². The first-order valence-electron chi connectivity index (χ1n) is 9.13. The van der Waals surface area contributed by atoms with E-state index in [0.29, 0.717) is 28.0 Å². The second-order valence-corrected chi connectivity index (χ2v) is 8.76. The molecule has 0 spiro atoms. The lowest BCUT2D eigenvalue weighted by molar-refractivity contribution is -0.144. The van der Waals surface area contributed by atoms with Gasteiger partial charge in [-0.2, -0.15) is 9.78 Å². The molecule has 1 aromatic heterocycles. The molecule has 2 aromatic carbocycles. The lowest BCUT2D eigenvalue weighted by Gasteiger charge is -2.14. The third-order valence-electron chi connectivity index (χ3n) is 4.29. The summed E-state index contributed by atoms with van der Waals surface area (Å²) in [7, 11) is 0. The number of aromatic nitrogens is 2. The first-order valence-corrected chi connectivity index (χ1v) is 10.7. The molecular weight excluding hydrogens is 518 g/mol. The largest absolute Gasteiger partial charge is 0.479 e. The first kappa shape index (κ1) is 22.2. The van der Waals surface area contributed by atoms with Gasteiger partial charge in [0.25, 0.3) is 5.56 Å². The van der Waals surface area contributed by atoms with Gasteiger partial charge in [-0.1, -0.05) is 45.7 Å². The molecule has 0 radical (unpaired) electrons. The molecule has 0 aliphatic heterocycles. The van der Waals surface area contributed by atoms with Crippen molar-refractivity contribution in [2.75, 3.05) is 0 Å². The molecule has 1 atom stereocenters. The predicted octanol–water partition coefficient (Wildman–Crippen LogP) is 4.78. The van der Waals surface area contributed by atoms with Crippen molar-refractivity contribution in [1.29, 1.82) is 0 Å². The number of halogens is 2. The van der Waals surface area contributed by atoms with Crippen LogP contribution in [0.25, 0.3) is 10.9 Å². The fraction of sp³-hybridized carbons (Fsp3) is 0.238. The molecule has 7 nitrogen and oxygen atoms in total. The highest BCUT2D eigenvalue weighted by molar-refractivity contribution is 9.10. The second kappa shape index (κ2) is 9.09. The number of ether oxygens (including phenoxy) is 1. The van der Waals surface area contributed by atoms with Crippen LogP contribution >= 0.6 is 31.9 Å². The van der Waals surface area contributed by atoms with Crippen molar-refractivity contribution in [2.45, 2.75) is 32.8 Å². The summed E-state index contributed by atoms with van der Waals surface area (Å²) >= 11 is 6.77. The van der Waals surface area contributed by atoms with Gasteiger partial charge in [0.2, 0.25) is 0 Å². The van der Waals surface area contributed by atoms with Gasteiger partial charge in [0.05, 0.1) is 17.1 Å². The van der Waals surface area contributed by atoms with E-state index >= 15 is 0 Å². The summed E-state index contributed by atoms with van der Waals surface area (Å²) in [5.41, 5.74) is 0.825. The Morgan fingerprint density at radius 2 is 1.83 bits per heavy atom. The fourth-order valence-electron chi connectivity index (χ4n) is 2.74. The molecule has 0 fully saturated rings. The minimum absolute atomic E-state index is 0.0480. The first-order chi connectivity index (χ1) is 14.2. The van der Waals surface area contributed by atoms with Crippen LogP contribution in [0.2, 0.25) is 0 Å². The Kier molecular flexibility index (Phi) is 6.72. The maximum Gasteiger partial charge on any atom is 0.344 e. The summed E-state index contributed by atoms with van der Waals surface area (Å²) in [5, 5.41) is 14.0. The van der Waals surface area contributed by atoms with Gasteiger partial charge >= 0.3 is 5.97 Å². The van der Waals surface area contributed by atoms with Crippen molar-refractivity contribution in [3.8, 4) is 5.75 Å². The molecule has 30 heavy (non-hydrogen) atoms. The summed E-state index contributed by atoms with van der Waals surface area (Å²) in [6.07, 6.45) is 0.430. The van der Waals surface area contributed by atoms with E-state index < -0.39 is 12.1 Å². The molecule has 0 bridgehead atoms. The van der Waals surface area contributed by atoms with Crippen molar-refractivity contribution in [3.05, 3.63) is 67.1 Å². The Labute approximate surface area is 189 Å². The summed E-state index contributed by atoms with van der Waals surface area (Å²) in [6, 6.07) is 10.5. The quantitative estimate of drug-likeness (QED) is 0.457. The highest BCUT2D eigenvalue weighted by Gasteiger charge is 2.16. The normalized spacial score (nSPS) is 12.6. The smallest absolute Gasteiger partial charge is 0.344 e.